The standard InChI is InChI=1S/C16H15BrO2/c1-11-2-6-13(7-3-11)15(16(18)19)10-12-4-8-14(17)9-5-12/h2-9,15H,10H2,1H3,(H,18,19). The summed E-state index contributed by atoms with van der Waals surface area (Å²) in [4.78, 5) is 11.4. The molecule has 0 aliphatic carbocycles. The van der Waals surface area contributed by atoms with Crippen LogP contribution in [0.2, 0.25) is 0 Å². The van der Waals surface area contributed by atoms with Crippen LogP contribution in [0.3, 0.4) is 0 Å². The van der Waals surface area contributed by atoms with Crippen molar-refractivity contribution in [3.05, 3.63) is 69.7 Å². The van der Waals surface area contributed by atoms with Crippen molar-refractivity contribution in [2.24, 2.45) is 0 Å². The summed E-state index contributed by atoms with van der Waals surface area (Å²) in [5, 5.41) is 9.40. The van der Waals surface area contributed by atoms with Crippen LogP contribution in [-0.2, 0) is 11.2 Å². The number of carboxylic acids is 1. The molecular formula is C16H15BrO2. The van der Waals surface area contributed by atoms with Crippen molar-refractivity contribution in [2.45, 2.75) is 19.3 Å². The molecule has 2 rings (SSSR count). The fourth-order valence-corrected chi connectivity index (χ4v) is 2.27. The topological polar surface area (TPSA) is 37.3 Å². The number of benzene rings is 2. The summed E-state index contributed by atoms with van der Waals surface area (Å²) in [7, 11) is 0. The Morgan fingerprint density at radius 1 is 1.11 bits per heavy atom. The Hall–Kier alpha value is -1.61. The van der Waals surface area contributed by atoms with E-state index >= 15 is 0 Å². The van der Waals surface area contributed by atoms with Gasteiger partial charge in [-0.1, -0.05) is 57.9 Å². The van der Waals surface area contributed by atoms with Crippen LogP contribution in [0.5, 0.6) is 0 Å². The van der Waals surface area contributed by atoms with Crippen molar-refractivity contribution in [2.75, 3.05) is 0 Å². The predicted molar refractivity (Wildman–Crippen MR) is 79.4 cm³/mol. The van der Waals surface area contributed by atoms with E-state index in [0.717, 1.165) is 21.2 Å². The van der Waals surface area contributed by atoms with Crippen molar-refractivity contribution < 1.29 is 9.90 Å². The summed E-state index contributed by atoms with van der Waals surface area (Å²) in [6, 6.07) is 15.5. The van der Waals surface area contributed by atoms with Gasteiger partial charge in [0.15, 0.2) is 0 Å². The Kier molecular flexibility index (Phi) is 4.38. The first-order valence-electron chi connectivity index (χ1n) is 6.10. The number of carboxylic acid groups (broad SMARTS) is 1. The highest BCUT2D eigenvalue weighted by molar-refractivity contribution is 9.10. The Morgan fingerprint density at radius 2 is 1.68 bits per heavy atom. The Labute approximate surface area is 121 Å². The normalized spacial score (nSPS) is 12.1. The molecule has 0 fully saturated rings. The largest absolute Gasteiger partial charge is 0.481 e. The number of carbonyl (C=O) groups is 1. The molecule has 0 saturated carbocycles. The fourth-order valence-electron chi connectivity index (χ4n) is 2.00. The van der Waals surface area contributed by atoms with E-state index in [4.69, 9.17) is 0 Å². The minimum absolute atomic E-state index is 0.498. The van der Waals surface area contributed by atoms with E-state index in [2.05, 4.69) is 15.9 Å². The molecule has 0 bridgehead atoms. The molecule has 3 heteroatoms. The molecule has 0 heterocycles. The fraction of sp³-hybridized carbons (Fsp3) is 0.188. The monoisotopic (exact) mass is 318 g/mol. The van der Waals surface area contributed by atoms with Crippen molar-refractivity contribution >= 4 is 21.9 Å². The number of hydrogen-bond acceptors (Lipinski definition) is 1. The molecule has 0 aliphatic rings. The van der Waals surface area contributed by atoms with Gasteiger partial charge in [0.1, 0.15) is 0 Å². The van der Waals surface area contributed by atoms with Crippen molar-refractivity contribution in [3.8, 4) is 0 Å². The third-order valence-corrected chi connectivity index (χ3v) is 3.66. The third-order valence-electron chi connectivity index (χ3n) is 3.13. The number of halogens is 1. The molecule has 0 saturated heterocycles. The van der Waals surface area contributed by atoms with Gasteiger partial charge in [0.2, 0.25) is 0 Å². The lowest BCUT2D eigenvalue weighted by atomic mass is 9.91. The van der Waals surface area contributed by atoms with Gasteiger partial charge in [-0.2, -0.15) is 0 Å². The number of aliphatic carboxylic acids is 1. The Morgan fingerprint density at radius 3 is 2.21 bits per heavy atom. The van der Waals surface area contributed by atoms with Crippen LogP contribution in [0.25, 0.3) is 0 Å². The zero-order chi connectivity index (χ0) is 13.8. The second-order valence-corrected chi connectivity index (χ2v) is 5.55. The van der Waals surface area contributed by atoms with Gasteiger partial charge in [0.25, 0.3) is 0 Å². The molecular weight excluding hydrogens is 304 g/mol. The van der Waals surface area contributed by atoms with Crippen LogP contribution >= 0.6 is 15.9 Å². The Balaban J connectivity index is 2.23. The first kappa shape index (κ1) is 13.8. The van der Waals surface area contributed by atoms with Gasteiger partial charge in [-0.15, -0.1) is 0 Å². The zero-order valence-corrected chi connectivity index (χ0v) is 12.2. The first-order chi connectivity index (χ1) is 9.06. The van der Waals surface area contributed by atoms with Gasteiger partial charge in [-0.3, -0.25) is 4.79 Å². The highest BCUT2D eigenvalue weighted by atomic mass is 79.9. The highest BCUT2D eigenvalue weighted by Crippen LogP contribution is 2.23. The van der Waals surface area contributed by atoms with Crippen molar-refractivity contribution in [1.82, 2.24) is 0 Å². The van der Waals surface area contributed by atoms with Crippen LogP contribution in [0.1, 0.15) is 22.6 Å². The zero-order valence-electron chi connectivity index (χ0n) is 10.6. The maximum absolute atomic E-state index is 11.4. The summed E-state index contributed by atoms with van der Waals surface area (Å²) >= 11 is 3.38. The van der Waals surface area contributed by atoms with Gasteiger partial charge >= 0.3 is 5.97 Å². The second-order valence-electron chi connectivity index (χ2n) is 4.63. The highest BCUT2D eigenvalue weighted by Gasteiger charge is 2.20. The summed E-state index contributed by atoms with van der Waals surface area (Å²) in [5.74, 6) is -1.28. The molecule has 0 spiro atoms. The smallest absolute Gasteiger partial charge is 0.311 e. The van der Waals surface area contributed by atoms with Crippen molar-refractivity contribution in [1.29, 1.82) is 0 Å². The van der Waals surface area contributed by atoms with Crippen LogP contribution in [0.15, 0.2) is 53.0 Å². The van der Waals surface area contributed by atoms with Crippen LogP contribution in [0, 0.1) is 6.92 Å². The molecule has 2 nitrogen and oxygen atoms in total. The van der Waals surface area contributed by atoms with E-state index < -0.39 is 11.9 Å². The van der Waals surface area contributed by atoms with E-state index in [0.29, 0.717) is 6.42 Å². The van der Waals surface area contributed by atoms with Gasteiger partial charge < -0.3 is 5.11 Å². The molecule has 98 valence electrons. The molecule has 2 aromatic carbocycles. The number of aryl methyl sites for hydroxylation is 1. The van der Waals surface area contributed by atoms with E-state index in [9.17, 15) is 9.90 Å². The molecule has 1 unspecified atom stereocenters. The maximum Gasteiger partial charge on any atom is 0.311 e. The molecule has 0 aromatic heterocycles. The molecule has 0 amide bonds. The van der Waals surface area contributed by atoms with Crippen molar-refractivity contribution in [3.63, 3.8) is 0 Å². The quantitative estimate of drug-likeness (QED) is 0.918. The Bertz CT molecular complexity index is 558. The summed E-state index contributed by atoms with van der Waals surface area (Å²) < 4.78 is 0.999. The lowest BCUT2D eigenvalue weighted by Crippen LogP contribution is -2.14. The van der Waals surface area contributed by atoms with Crippen LogP contribution in [0.4, 0.5) is 0 Å². The lowest BCUT2D eigenvalue weighted by molar-refractivity contribution is -0.138. The van der Waals surface area contributed by atoms with Gasteiger partial charge in [0.05, 0.1) is 5.92 Å². The average molecular weight is 319 g/mol. The average Bonchev–Trinajstić information content (AvgIpc) is 2.39. The molecule has 1 atom stereocenters. The third kappa shape index (κ3) is 3.67. The molecule has 0 radical (unpaired) electrons. The van der Waals surface area contributed by atoms with Crippen LogP contribution < -0.4 is 0 Å². The molecule has 0 aliphatic heterocycles. The molecule has 1 N–H and O–H groups in total. The van der Waals surface area contributed by atoms with E-state index in [1.165, 1.54) is 0 Å². The van der Waals surface area contributed by atoms with Gasteiger partial charge in [0, 0.05) is 4.47 Å². The minimum Gasteiger partial charge on any atom is -0.481 e. The van der Waals surface area contributed by atoms with E-state index in [-0.39, 0.29) is 0 Å². The molecule has 2 aromatic rings. The maximum atomic E-state index is 11.4. The SMILES string of the molecule is Cc1ccc(C(Cc2ccc(Br)cc2)C(=O)O)cc1. The molecule has 19 heavy (non-hydrogen) atoms. The van der Waals surface area contributed by atoms with Gasteiger partial charge in [-0.25, -0.2) is 0 Å². The lowest BCUT2D eigenvalue weighted by Gasteiger charge is -2.13. The van der Waals surface area contributed by atoms with E-state index in [1.54, 1.807) is 0 Å². The van der Waals surface area contributed by atoms with E-state index in [1.807, 2.05) is 55.5 Å². The van der Waals surface area contributed by atoms with Crippen LogP contribution in [-0.4, -0.2) is 11.1 Å². The van der Waals surface area contributed by atoms with Gasteiger partial charge in [-0.05, 0) is 36.6 Å². The second kappa shape index (κ2) is 6.02. The first-order valence-corrected chi connectivity index (χ1v) is 6.89. The number of hydrogen-bond donors (Lipinski definition) is 1. The summed E-state index contributed by atoms with van der Waals surface area (Å²) in [6.45, 7) is 1.99. The number of rotatable bonds is 4. The predicted octanol–water partition coefficient (Wildman–Crippen LogP) is 4.17. The summed E-state index contributed by atoms with van der Waals surface area (Å²) in [5.41, 5.74) is 3.01. The summed E-state index contributed by atoms with van der Waals surface area (Å²) in [6.07, 6.45) is 0.506. The minimum atomic E-state index is -0.785.